The van der Waals surface area contributed by atoms with Crippen LogP contribution < -0.4 is 5.32 Å². The highest BCUT2D eigenvalue weighted by atomic mass is 32.1. The molecule has 0 saturated heterocycles. The Labute approximate surface area is 160 Å². The molecule has 0 aliphatic carbocycles. The maximum absolute atomic E-state index is 12.9. The number of rotatable bonds is 10. The van der Waals surface area contributed by atoms with Crippen LogP contribution in [0.5, 0.6) is 0 Å². The third-order valence-corrected chi connectivity index (χ3v) is 5.54. The van der Waals surface area contributed by atoms with Crippen LogP contribution in [0.4, 0.5) is 4.79 Å². The fourth-order valence-electron chi connectivity index (χ4n) is 2.53. The number of hydrogen-bond acceptors (Lipinski definition) is 5. The second-order valence-corrected chi connectivity index (χ2v) is 7.83. The molecule has 0 aliphatic heterocycles. The van der Waals surface area contributed by atoms with Crippen LogP contribution in [-0.2, 0) is 17.9 Å². The maximum atomic E-state index is 12.9. The third kappa shape index (κ3) is 6.50. The monoisotopic (exact) mass is 391 g/mol. The van der Waals surface area contributed by atoms with Crippen molar-refractivity contribution in [3.05, 3.63) is 44.8 Å². The van der Waals surface area contributed by atoms with Crippen LogP contribution in [0.2, 0.25) is 0 Å². The molecule has 0 fully saturated rings. The third-order valence-electron chi connectivity index (χ3n) is 3.82. The Morgan fingerprint density at radius 1 is 1.15 bits per heavy atom. The Bertz CT molecular complexity index is 687. The topological polar surface area (TPSA) is 93.4 Å². The molecule has 6 nitrogen and oxygen atoms in total. The molecule has 2 rings (SSSR count). The lowest BCUT2D eigenvalue weighted by atomic mass is 10.0. The lowest BCUT2D eigenvalue weighted by molar-refractivity contribution is -0.135. The van der Waals surface area contributed by atoms with Crippen molar-refractivity contribution < 1.29 is 14.7 Å². The van der Waals surface area contributed by atoms with Crippen LogP contribution in [0.3, 0.4) is 0 Å². The molecule has 0 bridgehead atoms. The summed E-state index contributed by atoms with van der Waals surface area (Å²) in [4.78, 5) is 27.2. The molecule has 2 heterocycles. The van der Waals surface area contributed by atoms with E-state index >= 15 is 0 Å². The zero-order valence-corrected chi connectivity index (χ0v) is 15.9. The molecule has 2 N–H and O–H groups in total. The van der Waals surface area contributed by atoms with E-state index in [1.54, 1.807) is 27.6 Å². The molecule has 0 aliphatic rings. The van der Waals surface area contributed by atoms with Crippen molar-refractivity contribution in [2.75, 3.05) is 6.54 Å². The van der Waals surface area contributed by atoms with Crippen LogP contribution in [0.25, 0.3) is 0 Å². The number of nitriles is 1. The summed E-state index contributed by atoms with van der Waals surface area (Å²) in [6, 6.07) is 9.99. The number of nitrogens with one attached hydrogen (secondary N) is 1. The van der Waals surface area contributed by atoms with Gasteiger partial charge < -0.3 is 15.3 Å². The first-order valence-electron chi connectivity index (χ1n) is 8.30. The molecule has 0 spiro atoms. The van der Waals surface area contributed by atoms with Crippen molar-refractivity contribution in [1.29, 1.82) is 5.26 Å². The fraction of sp³-hybridized carbons (Fsp3) is 0.389. The minimum Gasteiger partial charge on any atom is -0.465 e. The predicted molar refractivity (Wildman–Crippen MR) is 102 cm³/mol. The van der Waals surface area contributed by atoms with Gasteiger partial charge in [0, 0.05) is 16.3 Å². The van der Waals surface area contributed by atoms with E-state index in [0.29, 0.717) is 38.9 Å². The Balaban J connectivity index is 1.95. The van der Waals surface area contributed by atoms with E-state index < -0.39 is 12.0 Å². The summed E-state index contributed by atoms with van der Waals surface area (Å²) < 4.78 is 0. The average Bonchev–Trinajstić information content (AvgIpc) is 3.30. The standard InChI is InChI=1S/C18H21N3O3S2/c19-11-14(5-1-2-8-20-18(23)24)17(22)21(12-15-6-3-9-25-15)13-16-7-4-10-26-16/h3-4,6-7,9-10,14,20H,1-2,5,8,12-13H2,(H,23,24)/t14-/m0/s1. The highest BCUT2D eigenvalue weighted by molar-refractivity contribution is 7.10. The van der Waals surface area contributed by atoms with Crippen LogP contribution in [0.15, 0.2) is 35.0 Å². The summed E-state index contributed by atoms with van der Waals surface area (Å²) in [5, 5.41) is 24.2. The van der Waals surface area contributed by atoms with Gasteiger partial charge in [-0.3, -0.25) is 4.79 Å². The van der Waals surface area contributed by atoms with Gasteiger partial charge in [0.25, 0.3) is 0 Å². The number of amides is 2. The molecule has 1 atom stereocenters. The molecule has 0 unspecified atom stereocenters. The van der Waals surface area contributed by atoms with Gasteiger partial charge in [-0.05, 0) is 42.2 Å². The number of unbranched alkanes of at least 4 members (excludes halogenated alkanes) is 1. The molecular weight excluding hydrogens is 370 g/mol. The van der Waals surface area contributed by atoms with Crippen molar-refractivity contribution in [3.63, 3.8) is 0 Å². The lowest BCUT2D eigenvalue weighted by Crippen LogP contribution is -2.34. The van der Waals surface area contributed by atoms with E-state index in [1.807, 2.05) is 35.0 Å². The highest BCUT2D eigenvalue weighted by Crippen LogP contribution is 2.21. The zero-order chi connectivity index (χ0) is 18.8. The number of nitrogens with zero attached hydrogens (tertiary/aromatic N) is 2. The molecule has 2 aromatic rings. The minimum atomic E-state index is -1.06. The quantitative estimate of drug-likeness (QED) is 0.600. The summed E-state index contributed by atoms with van der Waals surface area (Å²) in [5.41, 5.74) is 0. The van der Waals surface area contributed by atoms with Crippen LogP contribution in [-0.4, -0.2) is 28.6 Å². The first-order valence-corrected chi connectivity index (χ1v) is 10.1. The van der Waals surface area contributed by atoms with Crippen molar-refractivity contribution in [1.82, 2.24) is 10.2 Å². The fourth-order valence-corrected chi connectivity index (χ4v) is 3.96. The number of thiophene rings is 2. The highest BCUT2D eigenvalue weighted by Gasteiger charge is 2.24. The number of carbonyl (C=O) groups is 2. The van der Waals surface area contributed by atoms with Gasteiger partial charge in [0.2, 0.25) is 5.91 Å². The summed E-state index contributed by atoms with van der Waals surface area (Å²) in [6.07, 6.45) is 0.599. The van der Waals surface area contributed by atoms with E-state index in [1.165, 1.54) is 0 Å². The second kappa shape index (κ2) is 10.6. The Kier molecular flexibility index (Phi) is 8.12. The molecule has 0 radical (unpaired) electrons. The number of hydrogen-bond donors (Lipinski definition) is 2. The average molecular weight is 392 g/mol. The van der Waals surface area contributed by atoms with Gasteiger partial charge in [-0.1, -0.05) is 12.1 Å². The summed E-state index contributed by atoms with van der Waals surface area (Å²) in [7, 11) is 0. The molecule has 138 valence electrons. The number of carbonyl (C=O) groups excluding carboxylic acids is 1. The van der Waals surface area contributed by atoms with Gasteiger partial charge in [0.05, 0.1) is 19.2 Å². The first-order chi connectivity index (χ1) is 12.6. The van der Waals surface area contributed by atoms with Crippen LogP contribution in [0, 0.1) is 17.2 Å². The van der Waals surface area contributed by atoms with E-state index in [2.05, 4.69) is 11.4 Å². The molecule has 2 amide bonds. The summed E-state index contributed by atoms with van der Waals surface area (Å²) >= 11 is 3.18. The predicted octanol–water partition coefficient (Wildman–Crippen LogP) is 3.92. The van der Waals surface area contributed by atoms with Gasteiger partial charge >= 0.3 is 6.09 Å². The zero-order valence-electron chi connectivity index (χ0n) is 14.3. The minimum absolute atomic E-state index is 0.166. The number of carboxylic acid groups (broad SMARTS) is 1. The maximum Gasteiger partial charge on any atom is 0.404 e. The molecular formula is C18H21N3O3S2. The largest absolute Gasteiger partial charge is 0.465 e. The SMILES string of the molecule is N#C[C@H](CCCCNC(=O)O)C(=O)N(Cc1cccs1)Cc1cccs1. The summed E-state index contributed by atoms with van der Waals surface area (Å²) in [6.45, 7) is 1.32. The van der Waals surface area contributed by atoms with Crippen molar-refractivity contribution in [2.24, 2.45) is 5.92 Å². The van der Waals surface area contributed by atoms with Gasteiger partial charge in [-0.15, -0.1) is 22.7 Å². The molecule has 26 heavy (non-hydrogen) atoms. The normalized spacial score (nSPS) is 11.5. The van der Waals surface area contributed by atoms with Gasteiger partial charge in [0.15, 0.2) is 0 Å². The molecule has 0 saturated carbocycles. The Morgan fingerprint density at radius 2 is 1.77 bits per heavy atom. The van der Waals surface area contributed by atoms with Gasteiger partial charge in [-0.25, -0.2) is 4.79 Å². The van der Waals surface area contributed by atoms with E-state index in [4.69, 9.17) is 5.11 Å². The summed E-state index contributed by atoms with van der Waals surface area (Å²) in [5.74, 6) is -0.875. The van der Waals surface area contributed by atoms with Crippen LogP contribution in [0.1, 0.15) is 29.0 Å². The smallest absolute Gasteiger partial charge is 0.404 e. The van der Waals surface area contributed by atoms with E-state index in [-0.39, 0.29) is 5.91 Å². The second-order valence-electron chi connectivity index (χ2n) is 5.76. The van der Waals surface area contributed by atoms with Gasteiger partial charge in [-0.2, -0.15) is 5.26 Å². The van der Waals surface area contributed by atoms with Crippen LogP contribution >= 0.6 is 22.7 Å². The van der Waals surface area contributed by atoms with E-state index in [9.17, 15) is 14.9 Å². The van der Waals surface area contributed by atoms with Gasteiger partial charge in [0.1, 0.15) is 5.92 Å². The molecule has 2 aromatic heterocycles. The van der Waals surface area contributed by atoms with Crippen molar-refractivity contribution >= 4 is 34.7 Å². The van der Waals surface area contributed by atoms with Crippen molar-refractivity contribution in [3.8, 4) is 6.07 Å². The lowest BCUT2D eigenvalue weighted by Gasteiger charge is -2.24. The van der Waals surface area contributed by atoms with E-state index in [0.717, 1.165) is 9.75 Å². The first kappa shape index (κ1) is 19.9. The van der Waals surface area contributed by atoms with Crippen molar-refractivity contribution in [2.45, 2.75) is 32.4 Å². The molecule has 0 aromatic carbocycles. The Hall–Kier alpha value is -2.37. The Morgan fingerprint density at radius 3 is 2.23 bits per heavy atom. The molecule has 8 heteroatoms.